The van der Waals surface area contributed by atoms with Gasteiger partial charge in [0.2, 0.25) is 9.05 Å². The fourth-order valence-electron chi connectivity index (χ4n) is 1.38. The van der Waals surface area contributed by atoms with E-state index in [0.717, 1.165) is 6.07 Å². The van der Waals surface area contributed by atoms with Gasteiger partial charge in [-0.25, -0.2) is 8.42 Å². The van der Waals surface area contributed by atoms with Gasteiger partial charge in [0.05, 0.1) is 5.75 Å². The Morgan fingerprint density at radius 2 is 1.88 bits per heavy atom. The molecule has 0 unspecified atom stereocenters. The van der Waals surface area contributed by atoms with Gasteiger partial charge >= 0.3 is 6.98 Å². The minimum Gasteiger partial charge on any atom is -0.445 e. The Bertz CT molecular complexity index is 544. The van der Waals surface area contributed by atoms with Crippen molar-refractivity contribution in [3.05, 3.63) is 26.8 Å². The molecule has 0 aliphatic heterocycles. The Kier molecular flexibility index (Phi) is 4.41. The van der Waals surface area contributed by atoms with Crippen LogP contribution < -0.4 is 5.46 Å². The lowest BCUT2D eigenvalue weighted by atomic mass is 9.76. The highest BCUT2D eigenvalue weighted by Gasteiger charge is 2.28. The van der Waals surface area contributed by atoms with Gasteiger partial charge in [0.1, 0.15) is 0 Å². The molecular formula is C8H7BClF3IO2S-. The third-order valence-corrected chi connectivity index (χ3v) is 4.26. The van der Waals surface area contributed by atoms with Gasteiger partial charge in [-0.05, 0) is 41.1 Å². The standard InChI is InChI=1S/C8H7BClF3IO2S/c1-5-7(9(11,12)13)2-6(3-8(5)14)4-17(10,15)16/h2-3H,4H2,1H3/q-1. The fourth-order valence-corrected chi connectivity index (χ4v) is 3.04. The first kappa shape index (κ1) is 15.1. The van der Waals surface area contributed by atoms with Gasteiger partial charge in [0.25, 0.3) is 0 Å². The van der Waals surface area contributed by atoms with Crippen molar-refractivity contribution in [3.8, 4) is 0 Å². The van der Waals surface area contributed by atoms with Crippen LogP contribution in [0.4, 0.5) is 12.9 Å². The van der Waals surface area contributed by atoms with E-state index in [1.54, 1.807) is 22.6 Å². The minimum atomic E-state index is -5.16. The van der Waals surface area contributed by atoms with Crippen LogP contribution in [0.15, 0.2) is 12.1 Å². The predicted molar refractivity (Wildman–Crippen MR) is 71.1 cm³/mol. The number of benzene rings is 1. The maximum absolute atomic E-state index is 12.7. The summed E-state index contributed by atoms with van der Waals surface area (Å²) in [6.07, 6.45) is 0. The summed E-state index contributed by atoms with van der Waals surface area (Å²) < 4.78 is 60.2. The molecule has 0 aliphatic carbocycles. The van der Waals surface area contributed by atoms with E-state index in [-0.39, 0.29) is 11.1 Å². The molecule has 96 valence electrons. The molecule has 0 heterocycles. The average Bonchev–Trinajstić information content (AvgIpc) is 2.06. The highest BCUT2D eigenvalue weighted by molar-refractivity contribution is 14.1. The third-order valence-electron chi connectivity index (χ3n) is 2.14. The summed E-state index contributed by atoms with van der Waals surface area (Å²) in [7, 11) is 1.16. The molecule has 0 bridgehead atoms. The molecule has 9 heteroatoms. The summed E-state index contributed by atoms with van der Waals surface area (Å²) in [6, 6.07) is 2.23. The molecule has 0 radical (unpaired) electrons. The van der Waals surface area contributed by atoms with Crippen LogP contribution in [0.5, 0.6) is 0 Å². The second kappa shape index (κ2) is 4.97. The van der Waals surface area contributed by atoms with Gasteiger partial charge in [0, 0.05) is 14.3 Å². The van der Waals surface area contributed by atoms with Crippen LogP contribution in [0.25, 0.3) is 0 Å². The van der Waals surface area contributed by atoms with Crippen molar-refractivity contribution in [2.45, 2.75) is 12.7 Å². The van der Waals surface area contributed by atoms with Gasteiger partial charge in [-0.3, -0.25) is 0 Å². The summed E-state index contributed by atoms with van der Waals surface area (Å²) in [6.45, 7) is -3.81. The summed E-state index contributed by atoms with van der Waals surface area (Å²) in [5.41, 5.74) is -0.620. The smallest absolute Gasteiger partial charge is 0.445 e. The molecule has 0 atom stereocenters. The molecule has 0 amide bonds. The van der Waals surface area contributed by atoms with Crippen LogP contribution in [0, 0.1) is 10.5 Å². The van der Waals surface area contributed by atoms with Crippen LogP contribution in [-0.2, 0) is 14.8 Å². The zero-order chi connectivity index (χ0) is 13.4. The SMILES string of the molecule is Cc1c(I)cc(CS(=O)(=O)Cl)cc1[B-](F)(F)F. The number of halogens is 5. The summed E-state index contributed by atoms with van der Waals surface area (Å²) in [5.74, 6) is -0.607. The Balaban J connectivity index is 3.34. The normalized spacial score (nSPS) is 12.8. The minimum absolute atomic E-state index is 0.0456. The Morgan fingerprint density at radius 3 is 2.29 bits per heavy atom. The number of hydrogen-bond acceptors (Lipinski definition) is 2. The molecule has 0 saturated heterocycles. The average molecular weight is 397 g/mol. The van der Waals surface area contributed by atoms with Crippen LogP contribution in [0.1, 0.15) is 11.1 Å². The zero-order valence-corrected chi connectivity index (χ0v) is 12.3. The van der Waals surface area contributed by atoms with E-state index in [0.29, 0.717) is 3.57 Å². The summed E-state index contributed by atoms with van der Waals surface area (Å²) in [4.78, 5) is 0. The van der Waals surface area contributed by atoms with E-state index >= 15 is 0 Å². The molecule has 17 heavy (non-hydrogen) atoms. The summed E-state index contributed by atoms with van der Waals surface area (Å²) in [5, 5.41) is 0. The van der Waals surface area contributed by atoms with Crippen molar-refractivity contribution < 1.29 is 21.4 Å². The van der Waals surface area contributed by atoms with E-state index < -0.39 is 27.2 Å². The second-order valence-corrected chi connectivity index (χ2v) is 7.49. The Hall–Kier alpha value is 0.0449. The first-order valence-corrected chi connectivity index (χ1v) is 7.97. The van der Waals surface area contributed by atoms with E-state index in [9.17, 15) is 21.4 Å². The van der Waals surface area contributed by atoms with E-state index in [4.69, 9.17) is 10.7 Å². The van der Waals surface area contributed by atoms with Crippen LogP contribution in [0.2, 0.25) is 0 Å². The molecule has 0 saturated carbocycles. The molecule has 0 aliphatic rings. The third kappa shape index (κ3) is 4.33. The number of hydrogen-bond donors (Lipinski definition) is 0. The van der Waals surface area contributed by atoms with Crippen LogP contribution >= 0.6 is 33.3 Å². The van der Waals surface area contributed by atoms with Gasteiger partial charge < -0.3 is 12.9 Å². The van der Waals surface area contributed by atoms with E-state index in [1.807, 2.05) is 0 Å². The number of rotatable bonds is 3. The van der Waals surface area contributed by atoms with Crippen molar-refractivity contribution in [3.63, 3.8) is 0 Å². The first-order chi connectivity index (χ1) is 7.50. The van der Waals surface area contributed by atoms with E-state index in [1.165, 1.54) is 13.0 Å². The fraction of sp³-hybridized carbons (Fsp3) is 0.250. The second-order valence-electron chi connectivity index (χ2n) is 3.55. The van der Waals surface area contributed by atoms with E-state index in [2.05, 4.69) is 0 Å². The maximum Gasteiger partial charge on any atom is 0.509 e. The molecular weight excluding hydrogens is 390 g/mol. The highest BCUT2D eigenvalue weighted by atomic mass is 127. The molecule has 1 aromatic rings. The molecule has 0 aromatic heterocycles. The molecule has 2 nitrogen and oxygen atoms in total. The highest BCUT2D eigenvalue weighted by Crippen LogP contribution is 2.20. The van der Waals surface area contributed by atoms with Gasteiger partial charge in [-0.2, -0.15) is 0 Å². The molecule has 0 fully saturated rings. The van der Waals surface area contributed by atoms with Crippen molar-refractivity contribution in [1.29, 1.82) is 0 Å². The Labute approximate surface area is 115 Å². The van der Waals surface area contributed by atoms with Crippen LogP contribution in [0.3, 0.4) is 0 Å². The molecule has 1 rings (SSSR count). The van der Waals surface area contributed by atoms with Crippen molar-refractivity contribution in [2.75, 3.05) is 0 Å². The van der Waals surface area contributed by atoms with Gasteiger partial charge in [-0.1, -0.05) is 11.6 Å². The largest absolute Gasteiger partial charge is 0.509 e. The summed E-state index contributed by atoms with van der Waals surface area (Å²) >= 11 is 1.74. The van der Waals surface area contributed by atoms with Crippen LogP contribution in [-0.4, -0.2) is 15.4 Å². The van der Waals surface area contributed by atoms with Crippen molar-refractivity contribution in [2.24, 2.45) is 0 Å². The van der Waals surface area contributed by atoms with Gasteiger partial charge in [0.15, 0.2) is 0 Å². The van der Waals surface area contributed by atoms with Crippen molar-refractivity contribution in [1.82, 2.24) is 0 Å². The Morgan fingerprint density at radius 1 is 1.35 bits per heavy atom. The topological polar surface area (TPSA) is 34.1 Å². The maximum atomic E-state index is 12.7. The quantitative estimate of drug-likeness (QED) is 0.447. The first-order valence-electron chi connectivity index (χ1n) is 4.42. The molecule has 1 aromatic carbocycles. The lowest BCUT2D eigenvalue weighted by Gasteiger charge is -2.20. The predicted octanol–water partition coefficient (Wildman–Crippen LogP) is 2.72. The van der Waals surface area contributed by atoms with Crippen molar-refractivity contribution >= 4 is 54.8 Å². The monoisotopic (exact) mass is 397 g/mol. The lowest BCUT2D eigenvalue weighted by molar-refractivity contribution is 0.500. The molecule has 0 spiro atoms. The molecule has 0 N–H and O–H groups in total. The lowest BCUT2D eigenvalue weighted by Crippen LogP contribution is -2.37. The zero-order valence-electron chi connectivity index (χ0n) is 8.55. The van der Waals surface area contributed by atoms with Gasteiger partial charge in [-0.15, -0.1) is 5.46 Å².